The largest absolute Gasteiger partial charge is 0.355 e. The fourth-order valence-corrected chi connectivity index (χ4v) is 4.72. The first kappa shape index (κ1) is 29.8. The molecule has 208 valence electrons. The van der Waals surface area contributed by atoms with Gasteiger partial charge in [-0.3, -0.25) is 14.6 Å². The van der Waals surface area contributed by atoms with Crippen LogP contribution in [0.15, 0.2) is 61.2 Å². The quantitative estimate of drug-likeness (QED) is 0.358. The molecule has 0 fully saturated rings. The van der Waals surface area contributed by atoms with E-state index in [0.29, 0.717) is 25.6 Å². The third kappa shape index (κ3) is 7.86. The van der Waals surface area contributed by atoms with Crippen LogP contribution in [0.1, 0.15) is 50.8 Å². The Morgan fingerprint density at radius 1 is 1.00 bits per heavy atom. The van der Waals surface area contributed by atoms with Crippen molar-refractivity contribution in [1.29, 1.82) is 0 Å². The highest BCUT2D eigenvalue weighted by molar-refractivity contribution is 5.87. The van der Waals surface area contributed by atoms with E-state index in [0.717, 1.165) is 35.2 Å². The minimum Gasteiger partial charge on any atom is -0.355 e. The van der Waals surface area contributed by atoms with Gasteiger partial charge in [-0.2, -0.15) is 0 Å². The van der Waals surface area contributed by atoms with Crippen molar-refractivity contribution in [2.75, 3.05) is 31.6 Å². The number of aryl methyl sites for hydroxylation is 1. The molecule has 2 amide bonds. The molecule has 0 unspecified atom stereocenters. The number of amides is 2. The Balaban J connectivity index is 0.00000420. The second-order valence-electron chi connectivity index (χ2n) is 10.4. The highest BCUT2D eigenvalue weighted by Crippen LogP contribution is 2.28. The van der Waals surface area contributed by atoms with Gasteiger partial charge in [-0.25, -0.2) is 15.0 Å². The number of hydrazine groups is 1. The molecule has 0 aliphatic carbocycles. The number of rotatable bonds is 11. The lowest BCUT2D eigenvalue weighted by molar-refractivity contribution is -0.145. The number of aromatic nitrogens is 2. The van der Waals surface area contributed by atoms with E-state index in [9.17, 15) is 9.59 Å². The summed E-state index contributed by atoms with van der Waals surface area (Å²) in [6, 6.07) is 14.3. The van der Waals surface area contributed by atoms with Crippen LogP contribution in [0.5, 0.6) is 0 Å². The third-order valence-corrected chi connectivity index (χ3v) is 6.99. The first-order valence-corrected chi connectivity index (χ1v) is 13.3. The van der Waals surface area contributed by atoms with Crippen molar-refractivity contribution in [3.8, 4) is 11.1 Å². The van der Waals surface area contributed by atoms with E-state index in [1.54, 1.807) is 17.4 Å². The van der Waals surface area contributed by atoms with Crippen molar-refractivity contribution in [2.24, 2.45) is 5.92 Å². The molecule has 0 spiro atoms. The number of carbonyl (C=O) groups excluding carboxylic acids is 2. The van der Waals surface area contributed by atoms with Gasteiger partial charge in [-0.15, -0.1) is 0 Å². The number of anilines is 1. The Morgan fingerprint density at radius 3 is 2.31 bits per heavy atom. The predicted octanol–water partition coefficient (Wildman–Crippen LogP) is 4.84. The molecular formula is C31H42N6O2. The Bertz CT molecular complexity index is 1220. The number of benzene rings is 2. The molecule has 8 nitrogen and oxygen atoms in total. The SMILES string of the molecule is C.Cc1ccc(-c2cncnc2)cc1N(CC(=O)NCCCC(C)C)CC(=O)N(C)N1Cc2ccccc2C1. The minimum atomic E-state index is -0.0920. The van der Waals surface area contributed by atoms with Crippen LogP contribution in [-0.2, 0) is 22.7 Å². The Kier molecular flexibility index (Phi) is 10.6. The van der Waals surface area contributed by atoms with E-state index in [2.05, 4.69) is 41.3 Å². The molecule has 1 aliphatic heterocycles. The Hall–Kier alpha value is -3.78. The van der Waals surface area contributed by atoms with Gasteiger partial charge in [-0.05, 0) is 54.0 Å². The van der Waals surface area contributed by atoms with Crippen LogP contribution >= 0.6 is 0 Å². The van der Waals surface area contributed by atoms with Crippen LogP contribution in [0.4, 0.5) is 5.69 Å². The highest BCUT2D eigenvalue weighted by Gasteiger charge is 2.27. The summed E-state index contributed by atoms with van der Waals surface area (Å²) < 4.78 is 0. The summed E-state index contributed by atoms with van der Waals surface area (Å²) in [4.78, 5) is 36.7. The van der Waals surface area contributed by atoms with Crippen LogP contribution < -0.4 is 10.2 Å². The Morgan fingerprint density at radius 2 is 1.67 bits per heavy atom. The fourth-order valence-electron chi connectivity index (χ4n) is 4.72. The third-order valence-electron chi connectivity index (χ3n) is 6.99. The van der Waals surface area contributed by atoms with E-state index in [1.165, 1.54) is 17.5 Å². The summed E-state index contributed by atoms with van der Waals surface area (Å²) in [5.74, 6) is 0.435. The smallest absolute Gasteiger partial charge is 0.256 e. The van der Waals surface area contributed by atoms with Crippen LogP contribution in [0.2, 0.25) is 0 Å². The fraction of sp³-hybridized carbons (Fsp3) is 0.419. The van der Waals surface area contributed by atoms with Gasteiger partial charge in [-0.1, -0.05) is 57.7 Å². The van der Waals surface area contributed by atoms with Crippen molar-refractivity contribution in [1.82, 2.24) is 25.3 Å². The molecule has 0 saturated heterocycles. The first-order valence-electron chi connectivity index (χ1n) is 13.3. The first-order chi connectivity index (χ1) is 18.3. The van der Waals surface area contributed by atoms with Crippen LogP contribution in [0, 0.1) is 12.8 Å². The van der Waals surface area contributed by atoms with Gasteiger partial charge in [0.05, 0.1) is 13.1 Å². The Labute approximate surface area is 233 Å². The second kappa shape index (κ2) is 13.8. The molecule has 2 aromatic carbocycles. The zero-order valence-electron chi connectivity index (χ0n) is 22.9. The van der Waals surface area contributed by atoms with E-state index < -0.39 is 0 Å². The molecule has 1 aromatic heterocycles. The van der Waals surface area contributed by atoms with Crippen molar-refractivity contribution in [2.45, 2.75) is 54.1 Å². The lowest BCUT2D eigenvalue weighted by Gasteiger charge is -2.32. The standard InChI is InChI=1S/C30H38N6O2.CH4/c1-22(2)8-7-13-33-29(37)19-35(28-14-24(12-11-23(28)3)27-15-31-21-32-16-27)20-30(38)34(4)36-17-25-9-5-6-10-26(25)18-36;/h5-6,9-12,14-16,21-22H,7-8,13,17-20H2,1-4H3,(H,33,37);1H4. The summed E-state index contributed by atoms with van der Waals surface area (Å²) in [7, 11) is 1.81. The molecule has 0 radical (unpaired) electrons. The number of fused-ring (bicyclic) bond motifs is 1. The number of hydrogen-bond acceptors (Lipinski definition) is 6. The molecule has 1 N–H and O–H groups in total. The molecular weight excluding hydrogens is 488 g/mol. The average molecular weight is 531 g/mol. The molecule has 0 bridgehead atoms. The van der Waals surface area contributed by atoms with Crippen molar-refractivity contribution < 1.29 is 9.59 Å². The van der Waals surface area contributed by atoms with Crippen LogP contribution in [0.3, 0.4) is 0 Å². The van der Waals surface area contributed by atoms with E-state index in [-0.39, 0.29) is 32.3 Å². The summed E-state index contributed by atoms with van der Waals surface area (Å²) in [5, 5.41) is 6.77. The molecule has 39 heavy (non-hydrogen) atoms. The van der Waals surface area contributed by atoms with Gasteiger partial charge >= 0.3 is 0 Å². The minimum absolute atomic E-state index is 0. The van der Waals surface area contributed by atoms with Gasteiger partial charge in [0.2, 0.25) is 5.91 Å². The maximum absolute atomic E-state index is 13.5. The predicted molar refractivity (Wildman–Crippen MR) is 157 cm³/mol. The maximum Gasteiger partial charge on any atom is 0.256 e. The summed E-state index contributed by atoms with van der Waals surface area (Å²) in [6.07, 6.45) is 7.02. The van der Waals surface area contributed by atoms with Crippen molar-refractivity contribution in [3.63, 3.8) is 0 Å². The number of nitrogens with one attached hydrogen (secondary N) is 1. The second-order valence-corrected chi connectivity index (χ2v) is 10.4. The lowest BCUT2D eigenvalue weighted by atomic mass is 10.0. The molecule has 0 atom stereocenters. The van der Waals surface area contributed by atoms with Gasteiger partial charge in [0, 0.05) is 50.3 Å². The van der Waals surface area contributed by atoms with Gasteiger partial charge in [0.15, 0.2) is 0 Å². The monoisotopic (exact) mass is 530 g/mol. The molecule has 4 rings (SSSR count). The topological polar surface area (TPSA) is 81.7 Å². The summed E-state index contributed by atoms with van der Waals surface area (Å²) in [5.41, 5.74) is 6.11. The van der Waals surface area contributed by atoms with E-state index in [1.807, 2.05) is 54.2 Å². The normalized spacial score (nSPS) is 12.5. The number of carbonyl (C=O) groups is 2. The molecule has 3 aromatic rings. The average Bonchev–Trinajstić information content (AvgIpc) is 3.35. The maximum atomic E-state index is 13.5. The molecule has 0 saturated carbocycles. The number of nitrogens with zero attached hydrogens (tertiary/aromatic N) is 5. The van der Waals surface area contributed by atoms with Gasteiger partial charge in [0.1, 0.15) is 6.33 Å². The van der Waals surface area contributed by atoms with E-state index >= 15 is 0 Å². The van der Waals surface area contributed by atoms with Crippen molar-refractivity contribution in [3.05, 3.63) is 77.9 Å². The van der Waals surface area contributed by atoms with Crippen LogP contribution in [0.25, 0.3) is 11.1 Å². The van der Waals surface area contributed by atoms with E-state index in [4.69, 9.17) is 0 Å². The molecule has 8 heteroatoms. The van der Waals surface area contributed by atoms with Gasteiger partial charge in [0.25, 0.3) is 5.91 Å². The molecule has 2 heterocycles. The number of likely N-dealkylation sites (N-methyl/N-ethyl adjacent to an activating group) is 1. The van der Waals surface area contributed by atoms with Gasteiger partial charge < -0.3 is 10.2 Å². The van der Waals surface area contributed by atoms with Crippen LogP contribution in [-0.4, -0.2) is 58.5 Å². The molecule has 1 aliphatic rings. The lowest BCUT2D eigenvalue weighted by Crippen LogP contribution is -2.48. The van der Waals surface area contributed by atoms with Crippen molar-refractivity contribution >= 4 is 17.5 Å². The summed E-state index contributed by atoms with van der Waals surface area (Å²) >= 11 is 0. The summed E-state index contributed by atoms with van der Waals surface area (Å²) in [6.45, 7) is 8.55. The zero-order valence-corrected chi connectivity index (χ0v) is 22.9. The number of hydrogen-bond donors (Lipinski definition) is 1. The highest BCUT2D eigenvalue weighted by atomic mass is 16.2. The zero-order chi connectivity index (χ0) is 27.1.